The fourth-order valence-electron chi connectivity index (χ4n) is 2.53. The van der Waals surface area contributed by atoms with E-state index in [4.69, 9.17) is 0 Å². The standard InChI is InChI=1S/C19H21F2NO2/c1-13(14-9-10-16(20)17(21)11-14)22(3)18(23)12-19(2,24)15-7-5-4-6-8-15/h4-11,13,24H,12H2,1-3H3. The van der Waals surface area contributed by atoms with Crippen LogP contribution in [-0.4, -0.2) is 23.0 Å². The summed E-state index contributed by atoms with van der Waals surface area (Å²) in [4.78, 5) is 13.9. The highest BCUT2D eigenvalue weighted by Crippen LogP contribution is 2.27. The fourth-order valence-corrected chi connectivity index (χ4v) is 2.53. The van der Waals surface area contributed by atoms with Crippen LogP contribution in [0.4, 0.5) is 8.78 Å². The first-order valence-corrected chi connectivity index (χ1v) is 7.71. The largest absolute Gasteiger partial charge is 0.385 e. The molecular formula is C19H21F2NO2. The van der Waals surface area contributed by atoms with Crippen molar-refractivity contribution in [2.45, 2.75) is 31.9 Å². The zero-order valence-corrected chi connectivity index (χ0v) is 14.0. The molecule has 24 heavy (non-hydrogen) atoms. The van der Waals surface area contributed by atoms with E-state index < -0.39 is 23.3 Å². The molecule has 0 aliphatic heterocycles. The van der Waals surface area contributed by atoms with Gasteiger partial charge in [-0.2, -0.15) is 0 Å². The summed E-state index contributed by atoms with van der Waals surface area (Å²) in [6.07, 6.45) is -0.110. The average Bonchev–Trinajstić information content (AvgIpc) is 2.56. The first-order chi connectivity index (χ1) is 11.2. The van der Waals surface area contributed by atoms with Gasteiger partial charge in [-0.3, -0.25) is 4.79 Å². The Labute approximate surface area is 140 Å². The molecule has 0 saturated heterocycles. The second-order valence-electron chi connectivity index (χ2n) is 6.17. The summed E-state index contributed by atoms with van der Waals surface area (Å²) in [7, 11) is 1.58. The molecule has 0 saturated carbocycles. The molecule has 2 aromatic rings. The molecule has 0 aromatic heterocycles. The lowest BCUT2D eigenvalue weighted by atomic mass is 9.91. The van der Waals surface area contributed by atoms with Crippen molar-refractivity contribution >= 4 is 5.91 Å². The molecule has 0 aliphatic rings. The molecule has 2 atom stereocenters. The molecular weight excluding hydrogens is 312 g/mol. The van der Waals surface area contributed by atoms with Crippen LogP contribution < -0.4 is 0 Å². The second kappa shape index (κ2) is 7.09. The van der Waals surface area contributed by atoms with E-state index >= 15 is 0 Å². The summed E-state index contributed by atoms with van der Waals surface area (Å²) in [5.41, 5.74) is -0.170. The van der Waals surface area contributed by atoms with Crippen molar-refractivity contribution in [3.63, 3.8) is 0 Å². The van der Waals surface area contributed by atoms with Crippen molar-refractivity contribution in [2.24, 2.45) is 0 Å². The average molecular weight is 333 g/mol. The number of carbonyl (C=O) groups is 1. The van der Waals surface area contributed by atoms with Gasteiger partial charge in [0.05, 0.1) is 18.1 Å². The molecule has 0 spiro atoms. The third-order valence-corrected chi connectivity index (χ3v) is 4.29. The maximum absolute atomic E-state index is 13.4. The van der Waals surface area contributed by atoms with Gasteiger partial charge in [-0.05, 0) is 37.1 Å². The van der Waals surface area contributed by atoms with Crippen molar-refractivity contribution < 1.29 is 18.7 Å². The van der Waals surface area contributed by atoms with Crippen LogP contribution in [-0.2, 0) is 10.4 Å². The molecule has 1 N–H and O–H groups in total. The second-order valence-corrected chi connectivity index (χ2v) is 6.17. The molecule has 2 aromatic carbocycles. The molecule has 1 amide bonds. The lowest BCUT2D eigenvalue weighted by Gasteiger charge is -2.30. The SMILES string of the molecule is CC(c1ccc(F)c(F)c1)N(C)C(=O)CC(C)(O)c1ccccc1. The minimum Gasteiger partial charge on any atom is -0.385 e. The van der Waals surface area contributed by atoms with Crippen molar-refractivity contribution in [3.8, 4) is 0 Å². The predicted octanol–water partition coefficient (Wildman–Crippen LogP) is 3.78. The minimum absolute atomic E-state index is 0.110. The van der Waals surface area contributed by atoms with E-state index in [0.29, 0.717) is 11.1 Å². The van der Waals surface area contributed by atoms with Crippen molar-refractivity contribution in [1.82, 2.24) is 4.90 Å². The van der Waals surface area contributed by atoms with Crippen LogP contribution >= 0.6 is 0 Å². The smallest absolute Gasteiger partial charge is 0.226 e. The van der Waals surface area contributed by atoms with E-state index in [-0.39, 0.29) is 12.3 Å². The van der Waals surface area contributed by atoms with Crippen molar-refractivity contribution in [2.75, 3.05) is 7.05 Å². The molecule has 5 heteroatoms. The van der Waals surface area contributed by atoms with Crippen LogP contribution in [0, 0.1) is 11.6 Å². The monoisotopic (exact) mass is 333 g/mol. The van der Waals surface area contributed by atoms with Gasteiger partial charge in [-0.25, -0.2) is 8.78 Å². The van der Waals surface area contributed by atoms with Gasteiger partial charge in [-0.15, -0.1) is 0 Å². The maximum Gasteiger partial charge on any atom is 0.226 e. The Balaban J connectivity index is 2.12. The Bertz CT molecular complexity index is 717. The maximum atomic E-state index is 13.4. The highest BCUT2D eigenvalue weighted by Gasteiger charge is 2.29. The third-order valence-electron chi connectivity index (χ3n) is 4.29. The van der Waals surface area contributed by atoms with E-state index in [0.717, 1.165) is 12.1 Å². The molecule has 128 valence electrons. The number of benzene rings is 2. The Morgan fingerprint density at radius 3 is 2.38 bits per heavy atom. The van der Waals surface area contributed by atoms with Crippen LogP contribution in [0.1, 0.15) is 37.4 Å². The van der Waals surface area contributed by atoms with Gasteiger partial charge in [0.1, 0.15) is 0 Å². The Morgan fingerprint density at radius 2 is 1.79 bits per heavy atom. The van der Waals surface area contributed by atoms with Gasteiger partial charge >= 0.3 is 0 Å². The van der Waals surface area contributed by atoms with Gasteiger partial charge in [0.25, 0.3) is 0 Å². The highest BCUT2D eigenvalue weighted by molar-refractivity contribution is 5.77. The number of amides is 1. The van der Waals surface area contributed by atoms with Crippen molar-refractivity contribution in [3.05, 3.63) is 71.3 Å². The zero-order chi connectivity index (χ0) is 17.9. The molecule has 0 bridgehead atoms. The minimum atomic E-state index is -1.31. The lowest BCUT2D eigenvalue weighted by Crippen LogP contribution is -2.35. The van der Waals surface area contributed by atoms with E-state index in [9.17, 15) is 18.7 Å². The number of halogens is 2. The summed E-state index contributed by atoms with van der Waals surface area (Å²) >= 11 is 0. The van der Waals surface area contributed by atoms with E-state index in [2.05, 4.69) is 0 Å². The molecule has 0 fully saturated rings. The third kappa shape index (κ3) is 3.97. The summed E-state index contributed by atoms with van der Waals surface area (Å²) in [5.74, 6) is -2.16. The van der Waals surface area contributed by atoms with Crippen LogP contribution in [0.5, 0.6) is 0 Å². The summed E-state index contributed by atoms with van der Waals surface area (Å²) in [6.45, 7) is 3.30. The van der Waals surface area contributed by atoms with Crippen LogP contribution in [0.25, 0.3) is 0 Å². The number of aliphatic hydroxyl groups is 1. The summed E-state index contributed by atoms with van der Waals surface area (Å²) in [6, 6.07) is 12.1. The fraction of sp³-hybridized carbons (Fsp3) is 0.316. The number of hydrogen-bond donors (Lipinski definition) is 1. The van der Waals surface area contributed by atoms with Gasteiger partial charge < -0.3 is 10.0 Å². The van der Waals surface area contributed by atoms with Crippen LogP contribution in [0.15, 0.2) is 48.5 Å². The van der Waals surface area contributed by atoms with Gasteiger partial charge in [0.2, 0.25) is 5.91 Å². The molecule has 3 nitrogen and oxygen atoms in total. The number of nitrogens with zero attached hydrogens (tertiary/aromatic N) is 1. The Kier molecular flexibility index (Phi) is 5.34. The molecule has 0 heterocycles. The first kappa shape index (κ1) is 18.1. The predicted molar refractivity (Wildman–Crippen MR) is 88.2 cm³/mol. The quantitative estimate of drug-likeness (QED) is 0.904. The first-order valence-electron chi connectivity index (χ1n) is 7.71. The molecule has 0 aliphatic carbocycles. The van der Waals surface area contributed by atoms with Crippen molar-refractivity contribution in [1.29, 1.82) is 0 Å². The summed E-state index contributed by atoms with van der Waals surface area (Å²) in [5, 5.41) is 10.6. The Hall–Kier alpha value is -2.27. The lowest BCUT2D eigenvalue weighted by molar-refractivity contribution is -0.136. The molecule has 2 unspecified atom stereocenters. The van der Waals surface area contributed by atoms with Gasteiger partial charge in [-0.1, -0.05) is 36.4 Å². The normalized spacial score (nSPS) is 14.8. The van der Waals surface area contributed by atoms with Crippen LogP contribution in [0.2, 0.25) is 0 Å². The number of hydrogen-bond acceptors (Lipinski definition) is 2. The van der Waals surface area contributed by atoms with E-state index in [1.54, 1.807) is 45.2 Å². The molecule has 0 radical (unpaired) electrons. The number of carbonyl (C=O) groups excluding carboxylic acids is 1. The molecule has 2 rings (SSSR count). The zero-order valence-electron chi connectivity index (χ0n) is 14.0. The topological polar surface area (TPSA) is 40.5 Å². The Morgan fingerprint density at radius 1 is 1.17 bits per heavy atom. The van der Waals surface area contributed by atoms with E-state index in [1.165, 1.54) is 11.0 Å². The van der Waals surface area contributed by atoms with Gasteiger partial charge in [0, 0.05) is 7.05 Å². The number of rotatable bonds is 5. The van der Waals surface area contributed by atoms with Crippen LogP contribution in [0.3, 0.4) is 0 Å². The highest BCUT2D eigenvalue weighted by atomic mass is 19.2. The van der Waals surface area contributed by atoms with Gasteiger partial charge in [0.15, 0.2) is 11.6 Å². The van der Waals surface area contributed by atoms with E-state index in [1.807, 2.05) is 6.07 Å². The summed E-state index contributed by atoms with van der Waals surface area (Å²) < 4.78 is 26.4.